The number of hydrogen-bond acceptors (Lipinski definition) is 2. The molecule has 0 bridgehead atoms. The Morgan fingerprint density at radius 2 is 1.64 bits per heavy atom. The first-order chi connectivity index (χ1) is 10.5. The lowest BCUT2D eigenvalue weighted by molar-refractivity contribution is -0.149. The lowest BCUT2D eigenvalue weighted by Crippen LogP contribution is -2.51. The van der Waals surface area contributed by atoms with Crippen LogP contribution in [0.25, 0.3) is 0 Å². The summed E-state index contributed by atoms with van der Waals surface area (Å²) in [7, 11) is 0. The number of nitrogens with one attached hydrogen (secondary N) is 1. The number of piperidine rings is 1. The maximum Gasteiger partial charge on any atom is 0.389 e. The molecule has 3 fully saturated rings. The summed E-state index contributed by atoms with van der Waals surface area (Å²) < 4.78 is 38.2. The predicted octanol–water partition coefficient (Wildman–Crippen LogP) is 3.96. The highest BCUT2D eigenvalue weighted by Crippen LogP contribution is 2.35. The molecule has 2 nitrogen and oxygen atoms in total. The van der Waals surface area contributed by atoms with Gasteiger partial charge in [0.05, 0.1) is 0 Å². The maximum atomic E-state index is 12.7. The molecule has 0 radical (unpaired) electrons. The first kappa shape index (κ1) is 16.6. The van der Waals surface area contributed by atoms with E-state index in [-0.39, 0.29) is 12.0 Å². The molecule has 3 aliphatic rings. The van der Waals surface area contributed by atoms with Crippen molar-refractivity contribution in [2.45, 2.75) is 76.0 Å². The van der Waals surface area contributed by atoms with E-state index >= 15 is 0 Å². The van der Waals surface area contributed by atoms with Gasteiger partial charge in [-0.3, -0.25) is 4.90 Å². The van der Waals surface area contributed by atoms with Crippen LogP contribution in [0.1, 0.15) is 57.8 Å². The molecule has 1 heterocycles. The van der Waals surface area contributed by atoms with Gasteiger partial charge in [0.2, 0.25) is 0 Å². The quantitative estimate of drug-likeness (QED) is 0.825. The Morgan fingerprint density at radius 3 is 2.27 bits per heavy atom. The highest BCUT2D eigenvalue weighted by Gasteiger charge is 2.40. The van der Waals surface area contributed by atoms with Crippen molar-refractivity contribution in [1.29, 1.82) is 0 Å². The van der Waals surface area contributed by atoms with Gasteiger partial charge in [-0.05, 0) is 50.5 Å². The standard InChI is InChI=1S/C17H29F3N2/c18-17(19,20)9-14-8-15(12-22(11-14)16-6-7-16)21-10-13-4-2-1-3-5-13/h13-16,21H,1-12H2. The first-order valence-corrected chi connectivity index (χ1v) is 9.04. The summed E-state index contributed by atoms with van der Waals surface area (Å²) in [4.78, 5) is 2.32. The molecule has 2 saturated carbocycles. The van der Waals surface area contributed by atoms with E-state index in [1.54, 1.807) is 0 Å². The van der Waals surface area contributed by atoms with Gasteiger partial charge in [-0.25, -0.2) is 0 Å². The van der Waals surface area contributed by atoms with E-state index in [1.807, 2.05) is 0 Å². The van der Waals surface area contributed by atoms with E-state index in [0.29, 0.717) is 19.0 Å². The van der Waals surface area contributed by atoms with Crippen molar-refractivity contribution in [3.8, 4) is 0 Å². The van der Waals surface area contributed by atoms with Gasteiger partial charge in [-0.2, -0.15) is 13.2 Å². The summed E-state index contributed by atoms with van der Waals surface area (Å²) >= 11 is 0. The van der Waals surface area contributed by atoms with Crippen LogP contribution < -0.4 is 5.32 Å². The van der Waals surface area contributed by atoms with Crippen molar-refractivity contribution >= 4 is 0 Å². The zero-order chi connectivity index (χ0) is 15.6. The van der Waals surface area contributed by atoms with Crippen LogP contribution in [0, 0.1) is 11.8 Å². The lowest BCUT2D eigenvalue weighted by Gasteiger charge is -2.39. The minimum atomic E-state index is -4.02. The van der Waals surface area contributed by atoms with Crippen molar-refractivity contribution in [2.75, 3.05) is 19.6 Å². The largest absolute Gasteiger partial charge is 0.389 e. The van der Waals surface area contributed by atoms with Gasteiger partial charge in [0.25, 0.3) is 0 Å². The van der Waals surface area contributed by atoms with E-state index in [9.17, 15) is 13.2 Å². The fraction of sp³-hybridized carbons (Fsp3) is 1.00. The van der Waals surface area contributed by atoms with Gasteiger partial charge in [0.15, 0.2) is 0 Å². The summed E-state index contributed by atoms with van der Waals surface area (Å²) in [6.45, 7) is 2.60. The summed E-state index contributed by atoms with van der Waals surface area (Å²) in [5.41, 5.74) is 0. The van der Waals surface area contributed by atoms with E-state index in [0.717, 1.165) is 19.0 Å². The molecule has 2 aliphatic carbocycles. The minimum absolute atomic E-state index is 0.224. The Balaban J connectivity index is 1.50. The molecule has 0 aromatic heterocycles. The summed E-state index contributed by atoms with van der Waals surface area (Å²) in [6, 6.07) is 0.818. The molecule has 3 rings (SSSR count). The van der Waals surface area contributed by atoms with E-state index < -0.39 is 12.6 Å². The third-order valence-electron chi connectivity index (χ3n) is 5.57. The SMILES string of the molecule is FC(F)(F)CC1CC(NCC2CCCCC2)CN(C2CC2)C1. The molecular weight excluding hydrogens is 289 g/mol. The zero-order valence-corrected chi connectivity index (χ0v) is 13.4. The van der Waals surface area contributed by atoms with Crippen LogP contribution in [0.4, 0.5) is 13.2 Å². The van der Waals surface area contributed by atoms with Gasteiger partial charge < -0.3 is 5.32 Å². The Bertz CT molecular complexity index is 348. The Hall–Kier alpha value is -0.290. The van der Waals surface area contributed by atoms with Gasteiger partial charge in [-0.1, -0.05) is 19.3 Å². The predicted molar refractivity (Wildman–Crippen MR) is 81.7 cm³/mol. The van der Waals surface area contributed by atoms with Crippen LogP contribution >= 0.6 is 0 Å². The fourth-order valence-corrected chi connectivity index (χ4v) is 4.33. The first-order valence-electron chi connectivity index (χ1n) is 9.04. The number of halogens is 3. The third kappa shape index (κ3) is 5.12. The van der Waals surface area contributed by atoms with Gasteiger partial charge >= 0.3 is 6.18 Å². The van der Waals surface area contributed by atoms with Crippen LogP contribution in [0.2, 0.25) is 0 Å². The molecule has 0 aromatic rings. The Kier molecular flexibility index (Phi) is 5.33. The van der Waals surface area contributed by atoms with Crippen LogP contribution in [0.5, 0.6) is 0 Å². The number of likely N-dealkylation sites (tertiary alicyclic amines) is 1. The molecule has 0 spiro atoms. The average molecular weight is 318 g/mol. The number of rotatable bonds is 5. The van der Waals surface area contributed by atoms with Gasteiger partial charge in [0.1, 0.15) is 0 Å². The summed E-state index contributed by atoms with van der Waals surface area (Å²) in [5, 5.41) is 3.61. The van der Waals surface area contributed by atoms with Gasteiger partial charge in [-0.15, -0.1) is 0 Å². The number of nitrogens with zero attached hydrogens (tertiary/aromatic N) is 1. The highest BCUT2D eigenvalue weighted by atomic mass is 19.4. The van der Waals surface area contributed by atoms with E-state index in [4.69, 9.17) is 0 Å². The van der Waals surface area contributed by atoms with Crippen molar-refractivity contribution in [2.24, 2.45) is 11.8 Å². The average Bonchev–Trinajstić information content (AvgIpc) is 3.29. The smallest absolute Gasteiger partial charge is 0.312 e. The molecule has 1 saturated heterocycles. The maximum absolute atomic E-state index is 12.7. The molecule has 1 N–H and O–H groups in total. The van der Waals surface area contributed by atoms with Crippen LogP contribution in [0.15, 0.2) is 0 Å². The van der Waals surface area contributed by atoms with Crippen LogP contribution in [0.3, 0.4) is 0 Å². The van der Waals surface area contributed by atoms with Crippen LogP contribution in [-0.4, -0.2) is 42.8 Å². The van der Waals surface area contributed by atoms with Crippen molar-refractivity contribution < 1.29 is 13.2 Å². The molecule has 1 aliphatic heterocycles. The van der Waals surface area contributed by atoms with E-state index in [1.165, 1.54) is 44.9 Å². The molecule has 128 valence electrons. The van der Waals surface area contributed by atoms with Crippen LogP contribution in [-0.2, 0) is 0 Å². The second kappa shape index (κ2) is 7.08. The van der Waals surface area contributed by atoms with Crippen molar-refractivity contribution in [3.05, 3.63) is 0 Å². The third-order valence-corrected chi connectivity index (χ3v) is 5.57. The summed E-state index contributed by atoms with van der Waals surface area (Å²) in [6.07, 6.45) is 4.98. The number of alkyl halides is 3. The zero-order valence-electron chi connectivity index (χ0n) is 13.4. The Labute approximate surface area is 131 Å². The molecule has 22 heavy (non-hydrogen) atoms. The molecular formula is C17H29F3N2. The lowest BCUT2D eigenvalue weighted by atomic mass is 9.87. The molecule has 2 atom stereocenters. The molecule has 0 amide bonds. The fourth-order valence-electron chi connectivity index (χ4n) is 4.33. The van der Waals surface area contributed by atoms with Crippen molar-refractivity contribution in [1.82, 2.24) is 10.2 Å². The second-order valence-electron chi connectivity index (χ2n) is 7.72. The summed E-state index contributed by atoms with van der Waals surface area (Å²) in [5.74, 6) is 0.518. The van der Waals surface area contributed by atoms with E-state index in [2.05, 4.69) is 10.2 Å². The molecule has 5 heteroatoms. The van der Waals surface area contributed by atoms with Crippen molar-refractivity contribution in [3.63, 3.8) is 0 Å². The normalized spacial score (nSPS) is 32.3. The topological polar surface area (TPSA) is 15.3 Å². The minimum Gasteiger partial charge on any atom is -0.312 e. The highest BCUT2D eigenvalue weighted by molar-refractivity contribution is 4.93. The number of hydrogen-bond donors (Lipinski definition) is 1. The molecule has 0 aromatic carbocycles. The Morgan fingerprint density at radius 1 is 0.909 bits per heavy atom. The molecule has 2 unspecified atom stereocenters. The second-order valence-corrected chi connectivity index (χ2v) is 7.72. The monoisotopic (exact) mass is 318 g/mol. The van der Waals surface area contributed by atoms with Gasteiger partial charge in [0, 0.05) is 31.6 Å².